The van der Waals surface area contributed by atoms with Gasteiger partial charge in [0.1, 0.15) is 6.61 Å². The van der Waals surface area contributed by atoms with Crippen LogP contribution in [0.4, 0.5) is 0 Å². The summed E-state index contributed by atoms with van der Waals surface area (Å²) in [6.07, 6.45) is 2.63. The molecule has 1 atom stereocenters. The highest BCUT2D eigenvalue weighted by Gasteiger charge is 2.16. The zero-order valence-corrected chi connectivity index (χ0v) is 8.07. The van der Waals surface area contributed by atoms with E-state index in [2.05, 4.69) is 4.74 Å². The fourth-order valence-corrected chi connectivity index (χ4v) is 0.641. The van der Waals surface area contributed by atoms with Crippen LogP contribution in [0.1, 0.15) is 20.8 Å². The van der Waals surface area contributed by atoms with Gasteiger partial charge in [0.15, 0.2) is 6.10 Å². The number of esters is 2. The predicted octanol–water partition coefficient (Wildman–Crippen LogP) is 1.06. The minimum atomic E-state index is -0.831. The van der Waals surface area contributed by atoms with E-state index in [1.807, 2.05) is 6.92 Å². The molecule has 0 rings (SSSR count). The van der Waals surface area contributed by atoms with Crippen LogP contribution in [-0.4, -0.2) is 24.6 Å². The quantitative estimate of drug-likeness (QED) is 0.486. The third kappa shape index (κ3) is 5.90. The molecule has 0 aromatic heterocycles. The predicted molar refractivity (Wildman–Crippen MR) is 47.0 cm³/mol. The Balaban J connectivity index is 3.75. The van der Waals surface area contributed by atoms with E-state index in [-0.39, 0.29) is 6.61 Å². The zero-order chi connectivity index (χ0) is 10.3. The molecule has 0 saturated carbocycles. The van der Waals surface area contributed by atoms with Gasteiger partial charge in [0, 0.05) is 6.92 Å². The number of rotatable bonds is 4. The smallest absolute Gasteiger partial charge is 0.347 e. The largest absolute Gasteiger partial charge is 0.459 e. The van der Waals surface area contributed by atoms with E-state index < -0.39 is 18.0 Å². The molecule has 0 fully saturated rings. The second-order valence-corrected chi connectivity index (χ2v) is 2.45. The number of allylic oxidation sites excluding steroid dienone is 1. The highest BCUT2D eigenvalue weighted by atomic mass is 16.6. The van der Waals surface area contributed by atoms with Crippen molar-refractivity contribution in [2.24, 2.45) is 0 Å². The Hall–Kier alpha value is -1.32. The molecule has 74 valence electrons. The molecule has 0 aliphatic rings. The molecule has 0 heterocycles. The minimum Gasteiger partial charge on any atom is -0.459 e. The van der Waals surface area contributed by atoms with Crippen molar-refractivity contribution in [3.05, 3.63) is 12.2 Å². The van der Waals surface area contributed by atoms with Crippen molar-refractivity contribution in [2.45, 2.75) is 26.9 Å². The van der Waals surface area contributed by atoms with Crippen LogP contribution >= 0.6 is 0 Å². The highest BCUT2D eigenvalue weighted by Crippen LogP contribution is 1.95. The van der Waals surface area contributed by atoms with Crippen molar-refractivity contribution in [3.8, 4) is 0 Å². The Labute approximate surface area is 77.5 Å². The lowest BCUT2D eigenvalue weighted by molar-refractivity contribution is -0.164. The molecule has 13 heavy (non-hydrogen) atoms. The monoisotopic (exact) mass is 186 g/mol. The standard InChI is InChI=1S/C9H14O4/c1-4-5-6-12-9(11)7(2)13-8(3)10/h4-5,7H,6H2,1-3H3. The second kappa shape index (κ2) is 6.22. The Morgan fingerprint density at radius 3 is 2.54 bits per heavy atom. The van der Waals surface area contributed by atoms with Gasteiger partial charge in [0.05, 0.1) is 0 Å². The van der Waals surface area contributed by atoms with Crippen LogP contribution in [0.3, 0.4) is 0 Å². The van der Waals surface area contributed by atoms with E-state index in [1.165, 1.54) is 13.8 Å². The SMILES string of the molecule is CC=CCOC(=O)C(C)OC(C)=O. The molecule has 0 radical (unpaired) electrons. The van der Waals surface area contributed by atoms with E-state index in [0.717, 1.165) is 0 Å². The van der Waals surface area contributed by atoms with Gasteiger partial charge in [-0.15, -0.1) is 0 Å². The third-order valence-electron chi connectivity index (χ3n) is 1.23. The number of hydrogen-bond donors (Lipinski definition) is 0. The van der Waals surface area contributed by atoms with Crippen LogP contribution < -0.4 is 0 Å². The van der Waals surface area contributed by atoms with Crippen molar-refractivity contribution < 1.29 is 19.1 Å². The summed E-state index contributed by atoms with van der Waals surface area (Å²) in [6.45, 7) is 4.75. The Kier molecular flexibility index (Phi) is 5.59. The molecule has 0 aliphatic carbocycles. The van der Waals surface area contributed by atoms with Gasteiger partial charge in [-0.1, -0.05) is 12.2 Å². The van der Waals surface area contributed by atoms with Crippen molar-refractivity contribution in [2.75, 3.05) is 6.61 Å². The summed E-state index contributed by atoms with van der Waals surface area (Å²) >= 11 is 0. The molecule has 0 spiro atoms. The van der Waals surface area contributed by atoms with E-state index in [0.29, 0.717) is 0 Å². The molecule has 0 aliphatic heterocycles. The summed E-state index contributed by atoms with van der Waals surface area (Å²) < 4.78 is 9.35. The van der Waals surface area contributed by atoms with Gasteiger partial charge in [-0.05, 0) is 13.8 Å². The first kappa shape index (κ1) is 11.7. The average Bonchev–Trinajstić information content (AvgIpc) is 2.03. The number of carbonyl (C=O) groups excluding carboxylic acids is 2. The van der Waals surface area contributed by atoms with Crippen molar-refractivity contribution in [1.29, 1.82) is 0 Å². The molecule has 0 aromatic rings. The van der Waals surface area contributed by atoms with Crippen LogP contribution in [0, 0.1) is 0 Å². The highest BCUT2D eigenvalue weighted by molar-refractivity contribution is 5.78. The molecule has 0 saturated heterocycles. The van der Waals surface area contributed by atoms with Gasteiger partial charge in [-0.3, -0.25) is 4.79 Å². The van der Waals surface area contributed by atoms with Crippen LogP contribution in [0.15, 0.2) is 12.2 Å². The zero-order valence-electron chi connectivity index (χ0n) is 8.07. The third-order valence-corrected chi connectivity index (χ3v) is 1.23. The second-order valence-electron chi connectivity index (χ2n) is 2.45. The maximum Gasteiger partial charge on any atom is 0.347 e. The first-order chi connectivity index (χ1) is 6.07. The fraction of sp³-hybridized carbons (Fsp3) is 0.556. The summed E-state index contributed by atoms with van der Waals surface area (Å²) in [5.74, 6) is -1.02. The first-order valence-electron chi connectivity index (χ1n) is 4.03. The van der Waals surface area contributed by atoms with Crippen LogP contribution in [0.5, 0.6) is 0 Å². The molecule has 0 N–H and O–H groups in total. The topological polar surface area (TPSA) is 52.6 Å². The lowest BCUT2D eigenvalue weighted by Crippen LogP contribution is -2.25. The number of carbonyl (C=O) groups is 2. The number of hydrogen-bond acceptors (Lipinski definition) is 4. The normalized spacial score (nSPS) is 12.5. The Morgan fingerprint density at radius 2 is 2.08 bits per heavy atom. The lowest BCUT2D eigenvalue weighted by atomic mass is 10.4. The Bertz CT molecular complexity index is 208. The van der Waals surface area contributed by atoms with Crippen molar-refractivity contribution in [1.82, 2.24) is 0 Å². The lowest BCUT2D eigenvalue weighted by Gasteiger charge is -2.09. The summed E-state index contributed by atoms with van der Waals surface area (Å²) in [5, 5.41) is 0. The molecule has 0 aromatic carbocycles. The van der Waals surface area contributed by atoms with E-state index in [4.69, 9.17) is 4.74 Å². The molecular formula is C9H14O4. The van der Waals surface area contributed by atoms with E-state index in [1.54, 1.807) is 12.2 Å². The Morgan fingerprint density at radius 1 is 1.46 bits per heavy atom. The van der Waals surface area contributed by atoms with Crippen LogP contribution in [0.25, 0.3) is 0 Å². The van der Waals surface area contributed by atoms with Gasteiger partial charge in [-0.25, -0.2) is 4.79 Å². The first-order valence-corrected chi connectivity index (χ1v) is 4.03. The molecule has 4 heteroatoms. The molecule has 0 amide bonds. The summed E-state index contributed by atoms with van der Waals surface area (Å²) in [4.78, 5) is 21.5. The van der Waals surface area contributed by atoms with Gasteiger partial charge >= 0.3 is 11.9 Å². The van der Waals surface area contributed by atoms with E-state index in [9.17, 15) is 9.59 Å². The maximum absolute atomic E-state index is 11.0. The number of ether oxygens (including phenoxy) is 2. The fourth-order valence-electron chi connectivity index (χ4n) is 0.641. The summed E-state index contributed by atoms with van der Waals surface area (Å²) in [5.41, 5.74) is 0. The van der Waals surface area contributed by atoms with Gasteiger partial charge in [0.25, 0.3) is 0 Å². The molecule has 0 bridgehead atoms. The van der Waals surface area contributed by atoms with Crippen molar-refractivity contribution >= 4 is 11.9 Å². The van der Waals surface area contributed by atoms with Crippen LogP contribution in [0.2, 0.25) is 0 Å². The van der Waals surface area contributed by atoms with Crippen molar-refractivity contribution in [3.63, 3.8) is 0 Å². The molecule has 4 nitrogen and oxygen atoms in total. The molecule has 1 unspecified atom stereocenters. The minimum absolute atomic E-state index is 0.209. The van der Waals surface area contributed by atoms with Gasteiger partial charge < -0.3 is 9.47 Å². The maximum atomic E-state index is 11.0. The molecular weight excluding hydrogens is 172 g/mol. The summed E-state index contributed by atoms with van der Waals surface area (Å²) in [6, 6.07) is 0. The average molecular weight is 186 g/mol. The van der Waals surface area contributed by atoms with E-state index >= 15 is 0 Å². The van der Waals surface area contributed by atoms with Gasteiger partial charge in [-0.2, -0.15) is 0 Å². The van der Waals surface area contributed by atoms with Gasteiger partial charge in [0.2, 0.25) is 0 Å². The summed E-state index contributed by atoms with van der Waals surface area (Å²) in [7, 11) is 0. The van der Waals surface area contributed by atoms with Crippen LogP contribution in [-0.2, 0) is 19.1 Å².